The molecule has 29 heavy (non-hydrogen) atoms. The zero-order chi connectivity index (χ0) is 20.2. The summed E-state index contributed by atoms with van der Waals surface area (Å²) >= 11 is 0. The van der Waals surface area contributed by atoms with Crippen molar-refractivity contribution in [2.24, 2.45) is 0 Å². The molecule has 1 N–H and O–H groups in total. The second-order valence-electron chi connectivity index (χ2n) is 6.79. The van der Waals surface area contributed by atoms with Crippen LogP contribution in [0.4, 0.5) is 5.69 Å². The SMILES string of the molecule is Cc1ccccc1Cn1cc(NC(=O)CCc2nnc(-c3ccoc3C)o2)cn1. The molecule has 8 nitrogen and oxygen atoms in total. The van der Waals surface area contributed by atoms with Crippen LogP contribution in [0.2, 0.25) is 0 Å². The molecule has 0 spiro atoms. The van der Waals surface area contributed by atoms with Gasteiger partial charge in [0.15, 0.2) is 0 Å². The molecule has 0 saturated carbocycles. The molecule has 0 bridgehead atoms. The normalized spacial score (nSPS) is 11.0. The molecule has 8 heteroatoms. The predicted molar refractivity (Wildman–Crippen MR) is 106 cm³/mol. The molecular formula is C21H21N5O3. The van der Waals surface area contributed by atoms with Crippen molar-refractivity contribution in [2.75, 3.05) is 5.32 Å². The van der Waals surface area contributed by atoms with Gasteiger partial charge in [-0.25, -0.2) is 0 Å². The second kappa shape index (κ2) is 8.14. The Morgan fingerprint density at radius 1 is 1.17 bits per heavy atom. The standard InChI is InChI=1S/C21H21N5O3/c1-14-5-3-4-6-16(14)12-26-13-17(11-22-26)23-19(27)7-8-20-24-25-21(29-20)18-9-10-28-15(18)2/h3-6,9-11,13H,7-8,12H2,1-2H3,(H,23,27). The molecule has 1 amide bonds. The lowest BCUT2D eigenvalue weighted by molar-refractivity contribution is -0.116. The minimum absolute atomic E-state index is 0.139. The number of furan rings is 1. The number of hydrogen-bond donors (Lipinski definition) is 1. The van der Waals surface area contributed by atoms with Gasteiger partial charge < -0.3 is 14.2 Å². The van der Waals surface area contributed by atoms with Crippen molar-refractivity contribution in [1.82, 2.24) is 20.0 Å². The molecular weight excluding hydrogens is 370 g/mol. The first-order chi connectivity index (χ1) is 14.1. The highest BCUT2D eigenvalue weighted by molar-refractivity contribution is 5.90. The van der Waals surface area contributed by atoms with E-state index in [4.69, 9.17) is 8.83 Å². The zero-order valence-electron chi connectivity index (χ0n) is 16.3. The summed E-state index contributed by atoms with van der Waals surface area (Å²) in [4.78, 5) is 12.2. The Morgan fingerprint density at radius 2 is 2.03 bits per heavy atom. The summed E-state index contributed by atoms with van der Waals surface area (Å²) in [5.74, 6) is 1.37. The van der Waals surface area contributed by atoms with Gasteiger partial charge in [-0.1, -0.05) is 24.3 Å². The van der Waals surface area contributed by atoms with Crippen molar-refractivity contribution in [2.45, 2.75) is 33.2 Å². The molecule has 0 saturated heterocycles. The molecule has 0 aliphatic carbocycles. The van der Waals surface area contributed by atoms with Crippen molar-refractivity contribution in [1.29, 1.82) is 0 Å². The smallest absolute Gasteiger partial charge is 0.251 e. The summed E-state index contributed by atoms with van der Waals surface area (Å²) in [5, 5.41) is 15.2. The third-order valence-electron chi connectivity index (χ3n) is 4.63. The molecule has 0 radical (unpaired) electrons. The number of anilines is 1. The summed E-state index contributed by atoms with van der Waals surface area (Å²) in [5.41, 5.74) is 3.81. The van der Waals surface area contributed by atoms with Gasteiger partial charge in [0.25, 0.3) is 5.89 Å². The zero-order valence-corrected chi connectivity index (χ0v) is 16.3. The summed E-state index contributed by atoms with van der Waals surface area (Å²) in [6.45, 7) is 4.55. The molecule has 0 unspecified atom stereocenters. The number of carbonyl (C=O) groups excluding carboxylic acids is 1. The van der Waals surface area contributed by atoms with Gasteiger partial charge in [0.05, 0.1) is 30.3 Å². The lowest BCUT2D eigenvalue weighted by atomic mass is 10.1. The van der Waals surface area contributed by atoms with E-state index in [1.54, 1.807) is 23.2 Å². The topological polar surface area (TPSA) is 99.0 Å². The van der Waals surface area contributed by atoms with Crippen LogP contribution in [0, 0.1) is 13.8 Å². The van der Waals surface area contributed by atoms with Gasteiger partial charge in [-0.05, 0) is 31.0 Å². The van der Waals surface area contributed by atoms with Crippen molar-refractivity contribution >= 4 is 11.6 Å². The number of hydrogen-bond acceptors (Lipinski definition) is 6. The summed E-state index contributed by atoms with van der Waals surface area (Å²) in [7, 11) is 0. The molecule has 0 fully saturated rings. The molecule has 0 atom stereocenters. The Morgan fingerprint density at radius 3 is 2.83 bits per heavy atom. The van der Waals surface area contributed by atoms with E-state index in [1.807, 2.05) is 25.3 Å². The number of amides is 1. The first-order valence-corrected chi connectivity index (χ1v) is 9.32. The number of aromatic nitrogens is 4. The van der Waals surface area contributed by atoms with Gasteiger partial charge >= 0.3 is 0 Å². The predicted octanol–water partition coefficient (Wildman–Crippen LogP) is 3.76. The number of aryl methyl sites for hydroxylation is 3. The van der Waals surface area contributed by atoms with Gasteiger partial charge in [-0.2, -0.15) is 5.10 Å². The fourth-order valence-corrected chi connectivity index (χ4v) is 2.99. The van der Waals surface area contributed by atoms with Crippen molar-refractivity contribution in [3.63, 3.8) is 0 Å². The third-order valence-corrected chi connectivity index (χ3v) is 4.63. The number of benzene rings is 1. The van der Waals surface area contributed by atoms with Crippen LogP contribution in [0.5, 0.6) is 0 Å². The van der Waals surface area contributed by atoms with E-state index in [0.717, 1.165) is 5.56 Å². The van der Waals surface area contributed by atoms with Crippen LogP contribution in [-0.2, 0) is 17.8 Å². The maximum Gasteiger partial charge on any atom is 0.251 e. The van der Waals surface area contributed by atoms with E-state index in [0.29, 0.717) is 36.2 Å². The quantitative estimate of drug-likeness (QED) is 0.515. The lowest BCUT2D eigenvalue weighted by Crippen LogP contribution is -2.12. The van der Waals surface area contributed by atoms with Crippen LogP contribution in [0.3, 0.4) is 0 Å². The number of carbonyl (C=O) groups is 1. The molecule has 0 aliphatic heterocycles. The molecule has 4 rings (SSSR count). The summed E-state index contributed by atoms with van der Waals surface area (Å²) in [6.07, 6.45) is 5.61. The van der Waals surface area contributed by atoms with Gasteiger partial charge in [-0.15, -0.1) is 10.2 Å². The van der Waals surface area contributed by atoms with Gasteiger partial charge in [-0.3, -0.25) is 9.48 Å². The van der Waals surface area contributed by atoms with E-state index in [1.165, 1.54) is 11.1 Å². The average molecular weight is 391 g/mol. The fourth-order valence-electron chi connectivity index (χ4n) is 2.99. The van der Waals surface area contributed by atoms with Crippen molar-refractivity contribution < 1.29 is 13.6 Å². The van der Waals surface area contributed by atoms with Crippen LogP contribution >= 0.6 is 0 Å². The average Bonchev–Trinajstić information content (AvgIpc) is 3.43. The number of rotatable bonds is 7. The van der Waals surface area contributed by atoms with E-state index in [9.17, 15) is 4.79 Å². The van der Waals surface area contributed by atoms with Gasteiger partial charge in [0.2, 0.25) is 11.8 Å². The van der Waals surface area contributed by atoms with Crippen molar-refractivity contribution in [3.05, 3.63) is 71.8 Å². The Balaban J connectivity index is 1.30. The van der Waals surface area contributed by atoms with E-state index >= 15 is 0 Å². The highest BCUT2D eigenvalue weighted by Gasteiger charge is 2.14. The van der Waals surface area contributed by atoms with Crippen LogP contribution < -0.4 is 5.32 Å². The van der Waals surface area contributed by atoms with E-state index in [-0.39, 0.29) is 12.3 Å². The van der Waals surface area contributed by atoms with Gasteiger partial charge in [0, 0.05) is 19.0 Å². The maximum absolute atomic E-state index is 12.2. The number of nitrogens with zero attached hydrogens (tertiary/aromatic N) is 4. The number of nitrogens with one attached hydrogen (secondary N) is 1. The highest BCUT2D eigenvalue weighted by atomic mass is 16.4. The molecule has 3 aromatic heterocycles. The Bertz CT molecular complexity index is 1120. The third kappa shape index (κ3) is 4.43. The fraction of sp³-hybridized carbons (Fsp3) is 0.238. The maximum atomic E-state index is 12.2. The Hall–Kier alpha value is -3.68. The first kappa shape index (κ1) is 18.7. The Labute approximate surface area is 167 Å². The van der Waals surface area contributed by atoms with E-state index in [2.05, 4.69) is 39.7 Å². The Kier molecular flexibility index (Phi) is 5.24. The molecule has 148 valence electrons. The molecule has 0 aliphatic rings. The van der Waals surface area contributed by atoms with Crippen LogP contribution in [0.15, 0.2) is 57.8 Å². The molecule has 3 heterocycles. The first-order valence-electron chi connectivity index (χ1n) is 9.32. The van der Waals surface area contributed by atoms with E-state index < -0.39 is 0 Å². The highest BCUT2D eigenvalue weighted by Crippen LogP contribution is 2.23. The van der Waals surface area contributed by atoms with Crippen LogP contribution in [-0.4, -0.2) is 25.9 Å². The minimum atomic E-state index is -0.139. The second-order valence-corrected chi connectivity index (χ2v) is 6.79. The molecule has 1 aromatic carbocycles. The largest absolute Gasteiger partial charge is 0.469 e. The van der Waals surface area contributed by atoms with Crippen LogP contribution in [0.1, 0.15) is 29.2 Å². The summed E-state index contributed by atoms with van der Waals surface area (Å²) < 4.78 is 12.7. The monoisotopic (exact) mass is 391 g/mol. The summed E-state index contributed by atoms with van der Waals surface area (Å²) in [6, 6.07) is 9.92. The van der Waals surface area contributed by atoms with Crippen LogP contribution in [0.25, 0.3) is 11.5 Å². The lowest BCUT2D eigenvalue weighted by Gasteiger charge is -2.05. The van der Waals surface area contributed by atoms with Crippen molar-refractivity contribution in [3.8, 4) is 11.5 Å². The minimum Gasteiger partial charge on any atom is -0.469 e. The molecule has 4 aromatic rings. The van der Waals surface area contributed by atoms with Gasteiger partial charge in [0.1, 0.15) is 5.76 Å².